The number of hydrogen-bond donors (Lipinski definition) is 2. The minimum absolute atomic E-state index is 0.216. The van der Waals surface area contributed by atoms with Gasteiger partial charge in [0.1, 0.15) is 17.3 Å². The minimum atomic E-state index is -0.258. The smallest absolute Gasteiger partial charge is 0.255 e. The standard InChI is InChI=1S/C23H19N3O2/c24-22-21(9-4-12-25-22)23(27)26-15-16-5-3-8-19(13-16)28-20-11-10-17-6-1-2-7-18(17)14-20/h1-14H,15H2,(H2,24,25)(H,26,27). The number of fused-ring (bicyclic) bond motifs is 1. The number of carbonyl (C=O) groups is 1. The fourth-order valence-corrected chi connectivity index (χ4v) is 2.97. The highest BCUT2D eigenvalue weighted by atomic mass is 16.5. The Kier molecular flexibility index (Phi) is 4.89. The zero-order chi connectivity index (χ0) is 19.3. The van der Waals surface area contributed by atoms with Gasteiger partial charge in [-0.2, -0.15) is 0 Å². The molecule has 0 aliphatic carbocycles. The van der Waals surface area contributed by atoms with Crippen LogP contribution in [0.5, 0.6) is 11.5 Å². The summed E-state index contributed by atoms with van der Waals surface area (Å²) in [6.45, 7) is 0.363. The average molecular weight is 369 g/mol. The number of carbonyl (C=O) groups excluding carboxylic acids is 1. The summed E-state index contributed by atoms with van der Waals surface area (Å²) in [5, 5.41) is 5.15. The molecule has 5 heteroatoms. The van der Waals surface area contributed by atoms with E-state index in [1.54, 1.807) is 18.3 Å². The first kappa shape index (κ1) is 17.5. The molecular weight excluding hydrogens is 350 g/mol. The summed E-state index contributed by atoms with van der Waals surface area (Å²) in [6, 6.07) is 25.1. The zero-order valence-electron chi connectivity index (χ0n) is 15.1. The van der Waals surface area contributed by atoms with Gasteiger partial charge in [-0.1, -0.05) is 42.5 Å². The summed E-state index contributed by atoms with van der Waals surface area (Å²) >= 11 is 0. The van der Waals surface area contributed by atoms with Gasteiger partial charge in [0.05, 0.1) is 5.56 Å². The molecule has 0 bridgehead atoms. The van der Waals surface area contributed by atoms with Crippen LogP contribution in [0, 0.1) is 0 Å². The summed E-state index contributed by atoms with van der Waals surface area (Å²) in [6.07, 6.45) is 1.56. The predicted molar refractivity (Wildman–Crippen MR) is 110 cm³/mol. The molecule has 1 amide bonds. The fraction of sp³-hybridized carbons (Fsp3) is 0.0435. The Bertz CT molecular complexity index is 1140. The molecule has 0 saturated carbocycles. The third kappa shape index (κ3) is 3.94. The highest BCUT2D eigenvalue weighted by Gasteiger charge is 2.09. The SMILES string of the molecule is Nc1ncccc1C(=O)NCc1cccc(Oc2ccc3ccccc3c2)c1. The van der Waals surface area contributed by atoms with Crippen LogP contribution in [0.2, 0.25) is 0 Å². The molecule has 0 saturated heterocycles. The van der Waals surface area contributed by atoms with E-state index in [1.807, 2.05) is 54.6 Å². The molecule has 138 valence electrons. The Hall–Kier alpha value is -3.86. The van der Waals surface area contributed by atoms with Crippen molar-refractivity contribution >= 4 is 22.5 Å². The van der Waals surface area contributed by atoms with Crippen LogP contribution >= 0.6 is 0 Å². The third-order valence-corrected chi connectivity index (χ3v) is 4.39. The Morgan fingerprint density at radius 3 is 2.57 bits per heavy atom. The number of nitrogens with two attached hydrogens (primary N) is 1. The van der Waals surface area contributed by atoms with Gasteiger partial charge in [-0.3, -0.25) is 4.79 Å². The second-order valence-electron chi connectivity index (χ2n) is 6.38. The van der Waals surface area contributed by atoms with Crippen molar-refractivity contribution in [2.24, 2.45) is 0 Å². The van der Waals surface area contributed by atoms with Crippen molar-refractivity contribution in [2.45, 2.75) is 6.54 Å². The van der Waals surface area contributed by atoms with Crippen LogP contribution in [-0.2, 0) is 6.54 Å². The molecule has 5 nitrogen and oxygen atoms in total. The molecule has 0 fully saturated rings. The lowest BCUT2D eigenvalue weighted by Gasteiger charge is -2.10. The monoisotopic (exact) mass is 369 g/mol. The molecule has 0 unspecified atom stereocenters. The molecule has 3 N–H and O–H groups in total. The first-order chi connectivity index (χ1) is 13.7. The largest absolute Gasteiger partial charge is 0.457 e. The van der Waals surface area contributed by atoms with Crippen molar-refractivity contribution in [1.29, 1.82) is 0 Å². The third-order valence-electron chi connectivity index (χ3n) is 4.39. The van der Waals surface area contributed by atoms with Crippen LogP contribution in [0.1, 0.15) is 15.9 Å². The molecule has 0 spiro atoms. The van der Waals surface area contributed by atoms with Crippen molar-refractivity contribution in [2.75, 3.05) is 5.73 Å². The molecule has 1 aromatic heterocycles. The highest BCUT2D eigenvalue weighted by Crippen LogP contribution is 2.26. The molecule has 0 radical (unpaired) electrons. The maximum absolute atomic E-state index is 12.3. The number of amides is 1. The average Bonchev–Trinajstić information content (AvgIpc) is 2.72. The topological polar surface area (TPSA) is 77.2 Å². The van der Waals surface area contributed by atoms with Gasteiger partial charge in [0.2, 0.25) is 0 Å². The maximum atomic E-state index is 12.3. The molecule has 4 aromatic rings. The number of pyridine rings is 1. The quantitative estimate of drug-likeness (QED) is 0.541. The van der Waals surface area contributed by atoms with Gasteiger partial charge in [-0.15, -0.1) is 0 Å². The van der Waals surface area contributed by atoms with Crippen molar-refractivity contribution in [1.82, 2.24) is 10.3 Å². The zero-order valence-corrected chi connectivity index (χ0v) is 15.1. The van der Waals surface area contributed by atoms with Crippen LogP contribution in [0.25, 0.3) is 10.8 Å². The van der Waals surface area contributed by atoms with Crippen LogP contribution in [0.4, 0.5) is 5.82 Å². The van der Waals surface area contributed by atoms with Gasteiger partial charge in [-0.05, 0) is 52.7 Å². The van der Waals surface area contributed by atoms with Crippen LogP contribution in [0.15, 0.2) is 85.1 Å². The number of hydrogen-bond acceptors (Lipinski definition) is 4. The van der Waals surface area contributed by atoms with E-state index in [0.29, 0.717) is 17.9 Å². The molecule has 1 heterocycles. The molecular formula is C23H19N3O2. The molecule has 0 atom stereocenters. The molecule has 3 aromatic carbocycles. The summed E-state index contributed by atoms with van der Waals surface area (Å²) in [4.78, 5) is 16.2. The lowest BCUT2D eigenvalue weighted by Crippen LogP contribution is -2.24. The Morgan fingerprint density at radius 2 is 1.71 bits per heavy atom. The van der Waals surface area contributed by atoms with E-state index in [0.717, 1.165) is 16.7 Å². The van der Waals surface area contributed by atoms with Crippen LogP contribution < -0.4 is 15.8 Å². The van der Waals surface area contributed by atoms with E-state index in [4.69, 9.17) is 10.5 Å². The van der Waals surface area contributed by atoms with Crippen molar-refractivity contribution in [3.63, 3.8) is 0 Å². The predicted octanol–water partition coefficient (Wildman–Crippen LogP) is 4.54. The van der Waals surface area contributed by atoms with E-state index >= 15 is 0 Å². The Balaban J connectivity index is 1.45. The highest BCUT2D eigenvalue weighted by molar-refractivity contribution is 5.98. The summed E-state index contributed by atoms with van der Waals surface area (Å²) in [5.74, 6) is 1.44. The minimum Gasteiger partial charge on any atom is -0.457 e. The number of nitrogen functional groups attached to an aromatic ring is 1. The Morgan fingerprint density at radius 1 is 0.893 bits per heavy atom. The number of nitrogens with zero attached hydrogens (tertiary/aromatic N) is 1. The van der Waals surface area contributed by atoms with E-state index < -0.39 is 0 Å². The second kappa shape index (κ2) is 7.80. The number of benzene rings is 3. The fourth-order valence-electron chi connectivity index (χ4n) is 2.97. The number of anilines is 1. The molecule has 0 aliphatic heterocycles. The van der Waals surface area contributed by atoms with Crippen LogP contribution in [0.3, 0.4) is 0 Å². The lowest BCUT2D eigenvalue weighted by molar-refractivity contribution is 0.0951. The molecule has 0 aliphatic rings. The summed E-state index contributed by atoms with van der Waals surface area (Å²) < 4.78 is 5.99. The first-order valence-electron chi connectivity index (χ1n) is 8.93. The van der Waals surface area contributed by atoms with E-state index in [-0.39, 0.29) is 11.7 Å². The summed E-state index contributed by atoms with van der Waals surface area (Å²) in [5.41, 5.74) is 7.04. The van der Waals surface area contributed by atoms with Gasteiger partial charge in [0.25, 0.3) is 5.91 Å². The first-order valence-corrected chi connectivity index (χ1v) is 8.93. The van der Waals surface area contributed by atoms with Crippen LogP contribution in [-0.4, -0.2) is 10.9 Å². The second-order valence-corrected chi connectivity index (χ2v) is 6.38. The summed E-state index contributed by atoms with van der Waals surface area (Å²) in [7, 11) is 0. The van der Waals surface area contributed by atoms with E-state index in [9.17, 15) is 4.79 Å². The van der Waals surface area contributed by atoms with E-state index in [2.05, 4.69) is 22.4 Å². The molecule has 4 rings (SSSR count). The Labute approximate surface area is 162 Å². The number of aromatic nitrogens is 1. The number of ether oxygens (including phenoxy) is 1. The number of rotatable bonds is 5. The van der Waals surface area contributed by atoms with Gasteiger partial charge in [-0.25, -0.2) is 4.98 Å². The van der Waals surface area contributed by atoms with Gasteiger partial charge < -0.3 is 15.8 Å². The maximum Gasteiger partial charge on any atom is 0.255 e. The van der Waals surface area contributed by atoms with Crippen molar-refractivity contribution in [3.05, 3.63) is 96.2 Å². The normalized spacial score (nSPS) is 10.6. The van der Waals surface area contributed by atoms with Gasteiger partial charge >= 0.3 is 0 Å². The lowest BCUT2D eigenvalue weighted by atomic mass is 10.1. The van der Waals surface area contributed by atoms with Gasteiger partial charge in [0.15, 0.2) is 0 Å². The van der Waals surface area contributed by atoms with Crippen molar-refractivity contribution < 1.29 is 9.53 Å². The van der Waals surface area contributed by atoms with Gasteiger partial charge in [0, 0.05) is 12.7 Å². The molecule has 28 heavy (non-hydrogen) atoms. The van der Waals surface area contributed by atoms with E-state index in [1.165, 1.54) is 5.39 Å². The number of nitrogens with one attached hydrogen (secondary N) is 1. The van der Waals surface area contributed by atoms with Crippen molar-refractivity contribution in [3.8, 4) is 11.5 Å².